The summed E-state index contributed by atoms with van der Waals surface area (Å²) in [6, 6.07) is 0. The van der Waals surface area contributed by atoms with Crippen LogP contribution in [-0.2, 0) is 5.41 Å². The van der Waals surface area contributed by atoms with Crippen LogP contribution in [0.2, 0.25) is 0 Å². The Hall–Kier alpha value is -0.610. The predicted molar refractivity (Wildman–Crippen MR) is 51.6 cm³/mol. The molecule has 0 saturated heterocycles. The molecule has 12 heavy (non-hydrogen) atoms. The van der Waals surface area contributed by atoms with Crippen LogP contribution in [0.5, 0.6) is 0 Å². The first-order valence-corrected chi connectivity index (χ1v) is 4.88. The molecule has 0 bridgehead atoms. The van der Waals surface area contributed by atoms with Gasteiger partial charge in [0.1, 0.15) is 0 Å². The molecule has 1 aromatic rings. The van der Waals surface area contributed by atoms with Gasteiger partial charge in [-0.05, 0) is 6.42 Å². The Kier molecular flexibility index (Phi) is 2.69. The van der Waals surface area contributed by atoms with Crippen LogP contribution in [0.25, 0.3) is 0 Å². The number of nitrogens with one attached hydrogen (secondary N) is 1. The van der Waals surface area contributed by atoms with Crippen molar-refractivity contribution < 1.29 is 0 Å². The second-order valence-corrected chi connectivity index (χ2v) is 4.02. The summed E-state index contributed by atoms with van der Waals surface area (Å²) in [4.78, 5) is 13.7. The quantitative estimate of drug-likeness (QED) is 0.741. The van der Waals surface area contributed by atoms with Crippen LogP contribution in [0.3, 0.4) is 0 Å². The van der Waals surface area contributed by atoms with Gasteiger partial charge < -0.3 is 10.7 Å². The summed E-state index contributed by atoms with van der Waals surface area (Å²) in [5.74, 6) is 0. The van der Waals surface area contributed by atoms with E-state index >= 15 is 0 Å². The van der Waals surface area contributed by atoms with Gasteiger partial charge in [0.2, 0.25) is 0 Å². The molecule has 0 saturated carbocycles. The monoisotopic (exact) mass is 186 g/mol. The predicted octanol–water partition coefficient (Wildman–Crippen LogP) is 1.06. The van der Waals surface area contributed by atoms with E-state index in [4.69, 9.17) is 5.73 Å². The normalized spacial score (nSPS) is 15.9. The molecular formula is C8H14N2OS. The van der Waals surface area contributed by atoms with Crippen molar-refractivity contribution in [3.05, 3.63) is 20.7 Å². The van der Waals surface area contributed by atoms with E-state index in [0.29, 0.717) is 6.54 Å². The van der Waals surface area contributed by atoms with Gasteiger partial charge in [0, 0.05) is 23.0 Å². The second kappa shape index (κ2) is 3.41. The number of thiazole rings is 1. The lowest BCUT2D eigenvalue weighted by Gasteiger charge is -2.24. The maximum absolute atomic E-state index is 10.9. The van der Waals surface area contributed by atoms with Crippen molar-refractivity contribution in [1.82, 2.24) is 4.98 Å². The molecule has 1 heterocycles. The number of hydrogen-bond donors (Lipinski definition) is 2. The zero-order valence-corrected chi connectivity index (χ0v) is 8.20. The van der Waals surface area contributed by atoms with Crippen molar-refractivity contribution in [3.63, 3.8) is 0 Å². The van der Waals surface area contributed by atoms with E-state index in [-0.39, 0.29) is 10.3 Å². The first-order valence-electron chi connectivity index (χ1n) is 4.01. The molecule has 0 radical (unpaired) electrons. The molecule has 3 N–H and O–H groups in total. The zero-order valence-electron chi connectivity index (χ0n) is 7.39. The molecule has 0 aliphatic rings. The highest BCUT2D eigenvalue weighted by Crippen LogP contribution is 2.24. The minimum Gasteiger partial charge on any atom is -0.330 e. The minimum absolute atomic E-state index is 0.00174. The lowest BCUT2D eigenvalue weighted by molar-refractivity contribution is 0.455. The van der Waals surface area contributed by atoms with Crippen molar-refractivity contribution in [2.75, 3.05) is 6.54 Å². The molecule has 68 valence electrons. The van der Waals surface area contributed by atoms with E-state index in [1.165, 1.54) is 11.3 Å². The van der Waals surface area contributed by atoms with Crippen LogP contribution < -0.4 is 10.6 Å². The van der Waals surface area contributed by atoms with Gasteiger partial charge in [-0.15, -0.1) is 0 Å². The third kappa shape index (κ3) is 1.59. The minimum atomic E-state index is -0.0703. The summed E-state index contributed by atoms with van der Waals surface area (Å²) < 4.78 is 0. The van der Waals surface area contributed by atoms with E-state index in [1.807, 2.05) is 5.38 Å². The Balaban J connectivity index is 3.02. The lowest BCUT2D eigenvalue weighted by Crippen LogP contribution is -2.31. The average Bonchev–Trinajstić information content (AvgIpc) is 2.51. The first-order chi connectivity index (χ1) is 5.62. The molecule has 1 rings (SSSR count). The van der Waals surface area contributed by atoms with Gasteiger partial charge in [-0.2, -0.15) is 0 Å². The van der Waals surface area contributed by atoms with Crippen molar-refractivity contribution in [1.29, 1.82) is 0 Å². The van der Waals surface area contributed by atoms with E-state index in [0.717, 1.165) is 12.1 Å². The van der Waals surface area contributed by atoms with E-state index in [9.17, 15) is 4.79 Å². The molecule has 0 spiro atoms. The fourth-order valence-electron chi connectivity index (χ4n) is 1.02. The Bertz CT molecular complexity index is 298. The summed E-state index contributed by atoms with van der Waals surface area (Å²) in [5, 5.41) is 1.86. The fraction of sp³-hybridized carbons (Fsp3) is 0.625. The van der Waals surface area contributed by atoms with Crippen molar-refractivity contribution in [3.8, 4) is 0 Å². The third-order valence-electron chi connectivity index (χ3n) is 2.40. The third-order valence-corrected chi connectivity index (χ3v) is 3.07. The van der Waals surface area contributed by atoms with Gasteiger partial charge in [0.25, 0.3) is 0 Å². The van der Waals surface area contributed by atoms with Crippen LogP contribution in [0.1, 0.15) is 26.0 Å². The molecule has 1 atom stereocenters. The summed E-state index contributed by atoms with van der Waals surface area (Å²) in [7, 11) is 0. The van der Waals surface area contributed by atoms with Crippen LogP contribution in [0.4, 0.5) is 0 Å². The number of aromatic amines is 1. The fourth-order valence-corrected chi connectivity index (χ4v) is 1.76. The molecule has 0 aliphatic carbocycles. The maximum atomic E-state index is 10.9. The van der Waals surface area contributed by atoms with Crippen molar-refractivity contribution in [2.24, 2.45) is 5.73 Å². The van der Waals surface area contributed by atoms with Gasteiger partial charge in [-0.1, -0.05) is 25.2 Å². The molecule has 0 aromatic carbocycles. The van der Waals surface area contributed by atoms with E-state index < -0.39 is 0 Å². The molecule has 4 heteroatoms. The van der Waals surface area contributed by atoms with Gasteiger partial charge in [0.05, 0.1) is 0 Å². The van der Waals surface area contributed by atoms with E-state index in [1.54, 1.807) is 0 Å². The molecule has 1 unspecified atom stereocenters. The Morgan fingerprint density at radius 1 is 1.75 bits per heavy atom. The molecular weight excluding hydrogens is 172 g/mol. The number of aromatic nitrogens is 1. The number of rotatable bonds is 3. The highest BCUT2D eigenvalue weighted by atomic mass is 32.1. The Morgan fingerprint density at radius 2 is 2.42 bits per heavy atom. The standard InChI is InChI=1S/C8H14N2OS/c1-3-8(2,5-9)6-4-12-7(11)10-6/h4H,3,5,9H2,1-2H3,(H,10,11). The van der Waals surface area contributed by atoms with Gasteiger partial charge in [-0.25, -0.2) is 0 Å². The SMILES string of the molecule is CCC(C)(CN)c1csc(=O)[nH]1. The Morgan fingerprint density at radius 3 is 2.75 bits per heavy atom. The van der Waals surface area contributed by atoms with Crippen LogP contribution in [0, 0.1) is 0 Å². The topological polar surface area (TPSA) is 58.9 Å². The van der Waals surface area contributed by atoms with Crippen molar-refractivity contribution in [2.45, 2.75) is 25.7 Å². The summed E-state index contributed by atoms with van der Waals surface area (Å²) >= 11 is 1.20. The van der Waals surface area contributed by atoms with Crippen LogP contribution in [0.15, 0.2) is 10.2 Å². The summed E-state index contributed by atoms with van der Waals surface area (Å²) in [5.41, 5.74) is 6.53. The van der Waals surface area contributed by atoms with E-state index in [2.05, 4.69) is 18.8 Å². The van der Waals surface area contributed by atoms with Gasteiger partial charge in [-0.3, -0.25) is 4.79 Å². The summed E-state index contributed by atoms with van der Waals surface area (Å²) in [6.45, 7) is 4.70. The lowest BCUT2D eigenvalue weighted by atomic mass is 9.85. The highest BCUT2D eigenvalue weighted by molar-refractivity contribution is 7.07. The number of nitrogens with two attached hydrogens (primary N) is 1. The molecule has 3 nitrogen and oxygen atoms in total. The number of H-pyrrole nitrogens is 1. The average molecular weight is 186 g/mol. The second-order valence-electron chi connectivity index (χ2n) is 3.18. The molecule has 1 aromatic heterocycles. The highest BCUT2D eigenvalue weighted by Gasteiger charge is 2.24. The zero-order chi connectivity index (χ0) is 9.19. The van der Waals surface area contributed by atoms with Crippen LogP contribution in [-0.4, -0.2) is 11.5 Å². The molecule has 0 fully saturated rings. The summed E-state index contributed by atoms with van der Waals surface area (Å²) in [6.07, 6.45) is 0.941. The first kappa shape index (κ1) is 9.48. The smallest absolute Gasteiger partial charge is 0.304 e. The van der Waals surface area contributed by atoms with Gasteiger partial charge in [0.15, 0.2) is 0 Å². The largest absolute Gasteiger partial charge is 0.330 e. The number of hydrogen-bond acceptors (Lipinski definition) is 3. The molecule has 0 amide bonds. The molecule has 0 aliphatic heterocycles. The Labute approximate surface area is 75.6 Å². The maximum Gasteiger partial charge on any atom is 0.304 e. The van der Waals surface area contributed by atoms with Crippen LogP contribution >= 0.6 is 11.3 Å². The van der Waals surface area contributed by atoms with Crippen molar-refractivity contribution >= 4 is 11.3 Å². The van der Waals surface area contributed by atoms with Gasteiger partial charge >= 0.3 is 4.87 Å².